The lowest BCUT2D eigenvalue weighted by molar-refractivity contribution is 0.102. The summed E-state index contributed by atoms with van der Waals surface area (Å²) >= 11 is 0. The topological polar surface area (TPSA) is 50.2 Å². The van der Waals surface area contributed by atoms with Crippen molar-refractivity contribution in [3.8, 4) is 0 Å². The number of nitrogens with one attached hydrogen (secondary N) is 1. The first-order valence-electron chi connectivity index (χ1n) is 9.57. The molecule has 27 heavy (non-hydrogen) atoms. The van der Waals surface area contributed by atoms with E-state index >= 15 is 0 Å². The van der Waals surface area contributed by atoms with Gasteiger partial charge in [-0.1, -0.05) is 31.5 Å². The zero-order valence-corrected chi connectivity index (χ0v) is 16.6. The molecule has 0 aliphatic rings. The van der Waals surface area contributed by atoms with Gasteiger partial charge >= 0.3 is 0 Å². The Hall–Kier alpha value is -2.66. The van der Waals surface area contributed by atoms with Crippen LogP contribution >= 0.6 is 0 Å². The van der Waals surface area contributed by atoms with Gasteiger partial charge in [0.15, 0.2) is 0 Å². The van der Waals surface area contributed by atoms with Gasteiger partial charge in [0, 0.05) is 31.3 Å². The lowest BCUT2D eigenvalue weighted by Crippen LogP contribution is -2.26. The summed E-state index contributed by atoms with van der Waals surface area (Å²) in [4.78, 5) is 19.7. The second-order valence-electron chi connectivity index (χ2n) is 6.89. The van der Waals surface area contributed by atoms with Crippen LogP contribution < -0.4 is 5.32 Å². The van der Waals surface area contributed by atoms with Crippen LogP contribution in [0, 0.1) is 6.92 Å². The Balaban J connectivity index is 1.78. The Bertz CT molecular complexity index is 941. The number of nitrogens with zero attached hydrogens (tertiary/aromatic N) is 3. The van der Waals surface area contributed by atoms with Crippen LogP contribution in [0.15, 0.2) is 42.5 Å². The average Bonchev–Trinajstić information content (AvgIpc) is 2.98. The van der Waals surface area contributed by atoms with Crippen LogP contribution in [0.5, 0.6) is 0 Å². The molecule has 3 aromatic rings. The molecule has 5 heteroatoms. The van der Waals surface area contributed by atoms with Gasteiger partial charge in [-0.15, -0.1) is 0 Å². The molecule has 0 bridgehead atoms. The molecule has 3 rings (SSSR count). The van der Waals surface area contributed by atoms with E-state index in [0.29, 0.717) is 5.56 Å². The number of rotatable bonds is 7. The van der Waals surface area contributed by atoms with Gasteiger partial charge in [0.2, 0.25) is 0 Å². The standard InChI is InChI=1S/C22H28N4O/c1-5-26(6-2)13-12-21-24-19-15-18(10-11-20(19)25(21)4)23-22(27)17-9-7-8-16(3)14-17/h7-11,14-15H,5-6,12-13H2,1-4H3,(H,23,27). The van der Waals surface area contributed by atoms with Crippen molar-refractivity contribution in [2.24, 2.45) is 7.05 Å². The summed E-state index contributed by atoms with van der Waals surface area (Å²) in [5.74, 6) is 0.967. The molecule has 5 nitrogen and oxygen atoms in total. The normalized spacial score (nSPS) is 11.3. The lowest BCUT2D eigenvalue weighted by atomic mass is 10.1. The molecule has 0 aliphatic heterocycles. The van der Waals surface area contributed by atoms with Crippen molar-refractivity contribution in [3.63, 3.8) is 0 Å². The summed E-state index contributed by atoms with van der Waals surface area (Å²) in [5.41, 5.74) is 4.49. The maximum Gasteiger partial charge on any atom is 0.255 e. The van der Waals surface area contributed by atoms with E-state index in [1.54, 1.807) is 0 Å². The predicted octanol–water partition coefficient (Wildman–Crippen LogP) is 4.02. The highest BCUT2D eigenvalue weighted by Crippen LogP contribution is 2.21. The van der Waals surface area contributed by atoms with Crippen LogP contribution in [0.2, 0.25) is 0 Å². The molecule has 0 atom stereocenters. The Morgan fingerprint density at radius 1 is 1.15 bits per heavy atom. The van der Waals surface area contributed by atoms with Gasteiger partial charge in [0.1, 0.15) is 5.82 Å². The predicted molar refractivity (Wildman–Crippen MR) is 111 cm³/mol. The number of aromatic nitrogens is 2. The summed E-state index contributed by atoms with van der Waals surface area (Å²) in [7, 11) is 2.05. The van der Waals surface area contributed by atoms with Gasteiger partial charge in [-0.2, -0.15) is 0 Å². The number of amides is 1. The number of carbonyl (C=O) groups is 1. The van der Waals surface area contributed by atoms with Crippen molar-refractivity contribution < 1.29 is 4.79 Å². The van der Waals surface area contributed by atoms with Gasteiger partial charge in [0.25, 0.3) is 5.91 Å². The van der Waals surface area contributed by atoms with Gasteiger partial charge in [-0.3, -0.25) is 4.79 Å². The third kappa shape index (κ3) is 4.37. The number of hydrogen-bond acceptors (Lipinski definition) is 3. The maximum atomic E-state index is 12.5. The molecule has 1 N–H and O–H groups in total. The number of aryl methyl sites for hydroxylation is 2. The van der Waals surface area contributed by atoms with Crippen LogP contribution in [0.3, 0.4) is 0 Å². The summed E-state index contributed by atoms with van der Waals surface area (Å²) in [6.07, 6.45) is 0.915. The Morgan fingerprint density at radius 2 is 1.93 bits per heavy atom. The SMILES string of the molecule is CCN(CC)CCc1nc2cc(NC(=O)c3cccc(C)c3)ccc2n1C. The van der Waals surface area contributed by atoms with E-state index in [1.165, 1.54) is 0 Å². The van der Waals surface area contributed by atoms with E-state index < -0.39 is 0 Å². The molecule has 1 amide bonds. The summed E-state index contributed by atoms with van der Waals surface area (Å²) in [5, 5.41) is 2.98. The first-order chi connectivity index (χ1) is 13.0. The molecule has 1 heterocycles. The van der Waals surface area contributed by atoms with Crippen LogP contribution in [0.1, 0.15) is 35.6 Å². The van der Waals surface area contributed by atoms with Crippen LogP contribution in [-0.4, -0.2) is 40.0 Å². The quantitative estimate of drug-likeness (QED) is 0.689. The minimum Gasteiger partial charge on any atom is -0.331 e. The monoisotopic (exact) mass is 364 g/mol. The molecule has 0 aliphatic carbocycles. The number of imidazole rings is 1. The molecular formula is C22H28N4O. The van der Waals surface area contributed by atoms with Crippen molar-refractivity contribution >= 4 is 22.6 Å². The molecular weight excluding hydrogens is 336 g/mol. The Labute approximate surface area is 161 Å². The van der Waals surface area contributed by atoms with Crippen molar-refractivity contribution in [2.75, 3.05) is 25.0 Å². The number of anilines is 1. The maximum absolute atomic E-state index is 12.5. The minimum absolute atomic E-state index is 0.101. The fourth-order valence-corrected chi connectivity index (χ4v) is 3.34. The summed E-state index contributed by atoms with van der Waals surface area (Å²) in [6, 6.07) is 13.5. The molecule has 0 radical (unpaired) electrons. The summed E-state index contributed by atoms with van der Waals surface area (Å²) in [6.45, 7) is 9.45. The largest absolute Gasteiger partial charge is 0.331 e. The van der Waals surface area contributed by atoms with Crippen molar-refractivity contribution in [2.45, 2.75) is 27.2 Å². The van der Waals surface area contributed by atoms with Crippen molar-refractivity contribution in [1.29, 1.82) is 0 Å². The van der Waals surface area contributed by atoms with E-state index in [2.05, 4.69) is 35.7 Å². The van der Waals surface area contributed by atoms with Gasteiger partial charge in [-0.25, -0.2) is 4.98 Å². The Kier molecular flexibility index (Phi) is 5.91. The van der Waals surface area contributed by atoms with E-state index in [9.17, 15) is 4.79 Å². The van der Waals surface area contributed by atoms with Crippen molar-refractivity contribution in [3.05, 3.63) is 59.4 Å². The first-order valence-corrected chi connectivity index (χ1v) is 9.57. The van der Waals surface area contributed by atoms with Crippen molar-refractivity contribution in [1.82, 2.24) is 14.5 Å². The molecule has 0 saturated carbocycles. The minimum atomic E-state index is -0.101. The lowest BCUT2D eigenvalue weighted by Gasteiger charge is -2.17. The fourth-order valence-electron chi connectivity index (χ4n) is 3.34. The third-order valence-corrected chi connectivity index (χ3v) is 5.06. The highest BCUT2D eigenvalue weighted by Gasteiger charge is 2.11. The number of likely N-dealkylation sites (N-methyl/N-ethyl adjacent to an activating group) is 1. The van der Waals surface area contributed by atoms with Gasteiger partial charge in [-0.05, 0) is 50.3 Å². The Morgan fingerprint density at radius 3 is 2.63 bits per heavy atom. The second kappa shape index (κ2) is 8.35. The molecule has 0 fully saturated rings. The highest BCUT2D eigenvalue weighted by molar-refractivity contribution is 6.05. The number of benzene rings is 2. The van der Waals surface area contributed by atoms with Crippen LogP contribution in [-0.2, 0) is 13.5 Å². The van der Waals surface area contributed by atoms with E-state index in [1.807, 2.05) is 49.4 Å². The zero-order chi connectivity index (χ0) is 19.4. The first kappa shape index (κ1) is 19.1. The molecule has 2 aromatic carbocycles. The van der Waals surface area contributed by atoms with E-state index in [4.69, 9.17) is 4.98 Å². The van der Waals surface area contributed by atoms with Gasteiger partial charge in [0.05, 0.1) is 11.0 Å². The zero-order valence-electron chi connectivity index (χ0n) is 16.6. The smallest absolute Gasteiger partial charge is 0.255 e. The molecule has 1 aromatic heterocycles. The fraction of sp³-hybridized carbons (Fsp3) is 0.364. The second-order valence-corrected chi connectivity index (χ2v) is 6.89. The van der Waals surface area contributed by atoms with E-state index in [0.717, 1.165) is 54.2 Å². The number of carbonyl (C=O) groups excluding carboxylic acids is 1. The molecule has 0 unspecified atom stereocenters. The molecule has 0 saturated heterocycles. The molecule has 142 valence electrons. The molecule has 0 spiro atoms. The highest BCUT2D eigenvalue weighted by atomic mass is 16.1. The van der Waals surface area contributed by atoms with Gasteiger partial charge < -0.3 is 14.8 Å². The number of hydrogen-bond donors (Lipinski definition) is 1. The average molecular weight is 364 g/mol. The van der Waals surface area contributed by atoms with Crippen LogP contribution in [0.25, 0.3) is 11.0 Å². The third-order valence-electron chi connectivity index (χ3n) is 5.06. The van der Waals surface area contributed by atoms with E-state index in [-0.39, 0.29) is 5.91 Å². The number of fused-ring (bicyclic) bond motifs is 1. The summed E-state index contributed by atoms with van der Waals surface area (Å²) < 4.78 is 2.14. The van der Waals surface area contributed by atoms with Crippen LogP contribution in [0.4, 0.5) is 5.69 Å².